The maximum Gasteiger partial charge on any atom is 0.164 e. The van der Waals surface area contributed by atoms with Gasteiger partial charge in [0.15, 0.2) is 5.65 Å². The summed E-state index contributed by atoms with van der Waals surface area (Å²) in [7, 11) is 0. The average molecular weight is 388 g/mol. The number of aryl methyl sites for hydroxylation is 3. The molecule has 0 radical (unpaired) electrons. The van der Waals surface area contributed by atoms with Crippen molar-refractivity contribution in [2.24, 2.45) is 0 Å². The maximum absolute atomic E-state index is 5.18. The summed E-state index contributed by atoms with van der Waals surface area (Å²) in [5, 5.41) is 6.02. The number of fused-ring (bicyclic) bond motifs is 4. The summed E-state index contributed by atoms with van der Waals surface area (Å²) in [6, 6.07) is 23.1. The second kappa shape index (κ2) is 6.63. The van der Waals surface area contributed by atoms with E-state index in [-0.39, 0.29) is 0 Å². The molecule has 4 heteroatoms. The molecule has 0 aliphatic heterocycles. The SMILES string of the molecule is Cc1nn(-c2ccccc2)c2nc3c(c(-c4ccncc4)c12)-c1ccccc1CC3. The summed E-state index contributed by atoms with van der Waals surface area (Å²) >= 11 is 0. The van der Waals surface area contributed by atoms with Crippen molar-refractivity contribution in [3.05, 3.63) is 96.1 Å². The van der Waals surface area contributed by atoms with Crippen LogP contribution >= 0.6 is 0 Å². The minimum atomic E-state index is 0.920. The smallest absolute Gasteiger partial charge is 0.164 e. The van der Waals surface area contributed by atoms with Crippen LogP contribution in [-0.2, 0) is 12.8 Å². The molecule has 1 aliphatic rings. The molecule has 0 atom stereocenters. The zero-order valence-corrected chi connectivity index (χ0v) is 16.7. The summed E-state index contributed by atoms with van der Waals surface area (Å²) in [6.45, 7) is 2.08. The molecule has 4 nitrogen and oxygen atoms in total. The van der Waals surface area contributed by atoms with Crippen molar-refractivity contribution in [1.29, 1.82) is 0 Å². The lowest BCUT2D eigenvalue weighted by Crippen LogP contribution is -2.09. The van der Waals surface area contributed by atoms with Crippen LogP contribution in [0.2, 0.25) is 0 Å². The Morgan fingerprint density at radius 1 is 0.800 bits per heavy atom. The van der Waals surface area contributed by atoms with Gasteiger partial charge in [0.1, 0.15) is 0 Å². The quantitative estimate of drug-likeness (QED) is 0.398. The molecule has 0 spiro atoms. The zero-order chi connectivity index (χ0) is 20.1. The van der Waals surface area contributed by atoms with Crippen LogP contribution in [0.1, 0.15) is 17.0 Å². The van der Waals surface area contributed by atoms with E-state index in [4.69, 9.17) is 10.1 Å². The molecule has 1 aliphatic carbocycles. The molecule has 144 valence electrons. The van der Waals surface area contributed by atoms with Crippen LogP contribution in [0.3, 0.4) is 0 Å². The first-order valence-electron chi connectivity index (χ1n) is 10.3. The highest BCUT2D eigenvalue weighted by Gasteiger charge is 2.26. The number of rotatable bonds is 2. The number of pyridine rings is 2. The Morgan fingerprint density at radius 2 is 1.57 bits per heavy atom. The van der Waals surface area contributed by atoms with Crippen molar-refractivity contribution in [2.75, 3.05) is 0 Å². The van der Waals surface area contributed by atoms with Crippen molar-refractivity contribution < 1.29 is 0 Å². The van der Waals surface area contributed by atoms with Gasteiger partial charge in [-0.3, -0.25) is 4.98 Å². The minimum Gasteiger partial charge on any atom is -0.265 e. The molecule has 5 aromatic rings. The molecular formula is C26H20N4. The summed E-state index contributed by atoms with van der Waals surface area (Å²) < 4.78 is 1.98. The molecule has 0 bridgehead atoms. The van der Waals surface area contributed by atoms with E-state index in [9.17, 15) is 0 Å². The van der Waals surface area contributed by atoms with Crippen LogP contribution in [0.15, 0.2) is 79.1 Å². The lowest BCUT2D eigenvalue weighted by molar-refractivity contribution is 0.859. The second-order valence-electron chi connectivity index (χ2n) is 7.73. The van der Waals surface area contributed by atoms with E-state index in [1.54, 1.807) is 0 Å². The normalized spacial score (nSPS) is 12.6. The molecule has 3 aromatic heterocycles. The third-order valence-corrected chi connectivity index (χ3v) is 5.95. The topological polar surface area (TPSA) is 43.6 Å². The van der Waals surface area contributed by atoms with E-state index in [1.807, 2.05) is 35.3 Å². The van der Waals surface area contributed by atoms with Crippen molar-refractivity contribution in [3.8, 4) is 27.9 Å². The molecule has 30 heavy (non-hydrogen) atoms. The van der Waals surface area contributed by atoms with Gasteiger partial charge in [0.25, 0.3) is 0 Å². The number of nitrogens with zero attached hydrogens (tertiary/aromatic N) is 4. The first kappa shape index (κ1) is 17.1. The van der Waals surface area contributed by atoms with Gasteiger partial charge in [-0.05, 0) is 60.7 Å². The Hall–Kier alpha value is -3.79. The lowest BCUT2D eigenvalue weighted by Gasteiger charge is -2.23. The van der Waals surface area contributed by atoms with E-state index in [0.29, 0.717) is 0 Å². The van der Waals surface area contributed by atoms with Gasteiger partial charge in [-0.1, -0.05) is 42.5 Å². The summed E-state index contributed by atoms with van der Waals surface area (Å²) in [6.07, 6.45) is 5.66. The Kier molecular flexibility index (Phi) is 3.78. The highest BCUT2D eigenvalue weighted by atomic mass is 15.3. The van der Waals surface area contributed by atoms with E-state index < -0.39 is 0 Å². The number of benzene rings is 2. The van der Waals surface area contributed by atoms with Crippen LogP contribution < -0.4 is 0 Å². The van der Waals surface area contributed by atoms with E-state index in [0.717, 1.165) is 46.5 Å². The molecule has 6 rings (SSSR count). The summed E-state index contributed by atoms with van der Waals surface area (Å²) in [5.74, 6) is 0. The van der Waals surface area contributed by atoms with Gasteiger partial charge >= 0.3 is 0 Å². The minimum absolute atomic E-state index is 0.920. The van der Waals surface area contributed by atoms with E-state index in [1.165, 1.54) is 22.3 Å². The summed E-state index contributed by atoms with van der Waals surface area (Å²) in [5.41, 5.74) is 10.4. The fourth-order valence-electron chi connectivity index (χ4n) is 4.63. The first-order valence-corrected chi connectivity index (χ1v) is 10.3. The van der Waals surface area contributed by atoms with Crippen LogP contribution in [0.25, 0.3) is 39.0 Å². The Morgan fingerprint density at radius 3 is 2.40 bits per heavy atom. The molecule has 0 N–H and O–H groups in total. The van der Waals surface area contributed by atoms with Gasteiger partial charge in [-0.2, -0.15) is 5.10 Å². The Labute approximate surface area is 174 Å². The van der Waals surface area contributed by atoms with E-state index >= 15 is 0 Å². The first-order chi connectivity index (χ1) is 14.8. The van der Waals surface area contributed by atoms with Gasteiger partial charge in [-0.15, -0.1) is 0 Å². The standard InChI is InChI=1S/C26H20N4/c1-17-23-24(19-13-15-27-16-14-19)25-21-10-6-5-7-18(21)11-12-22(25)28-26(23)30(29-17)20-8-3-2-4-9-20/h2-10,13-16H,11-12H2,1H3. The molecule has 0 amide bonds. The predicted molar refractivity (Wildman–Crippen MR) is 120 cm³/mol. The predicted octanol–water partition coefficient (Wildman–Crippen LogP) is 5.56. The highest BCUT2D eigenvalue weighted by molar-refractivity contribution is 6.04. The molecule has 2 aromatic carbocycles. The third-order valence-electron chi connectivity index (χ3n) is 5.95. The van der Waals surface area contributed by atoms with Gasteiger partial charge in [0, 0.05) is 23.5 Å². The van der Waals surface area contributed by atoms with Gasteiger partial charge in [-0.25, -0.2) is 9.67 Å². The van der Waals surface area contributed by atoms with Crippen LogP contribution in [0.5, 0.6) is 0 Å². The third kappa shape index (κ3) is 2.50. The largest absolute Gasteiger partial charge is 0.265 e. The number of hydrogen-bond donors (Lipinski definition) is 0. The second-order valence-corrected chi connectivity index (χ2v) is 7.73. The van der Waals surface area contributed by atoms with Crippen molar-refractivity contribution >= 4 is 11.0 Å². The Bertz CT molecular complexity index is 1390. The van der Waals surface area contributed by atoms with Crippen LogP contribution in [0, 0.1) is 6.92 Å². The number of para-hydroxylation sites is 1. The summed E-state index contributed by atoms with van der Waals surface area (Å²) in [4.78, 5) is 9.43. The fourth-order valence-corrected chi connectivity index (χ4v) is 4.63. The molecule has 3 heterocycles. The Balaban J connectivity index is 1.77. The fraction of sp³-hybridized carbons (Fsp3) is 0.115. The zero-order valence-electron chi connectivity index (χ0n) is 16.7. The number of aromatic nitrogens is 4. The molecule has 0 saturated carbocycles. The van der Waals surface area contributed by atoms with Gasteiger partial charge in [0.05, 0.1) is 22.5 Å². The highest BCUT2D eigenvalue weighted by Crippen LogP contribution is 2.44. The molecular weight excluding hydrogens is 368 g/mol. The van der Waals surface area contributed by atoms with Crippen molar-refractivity contribution in [2.45, 2.75) is 19.8 Å². The maximum atomic E-state index is 5.18. The van der Waals surface area contributed by atoms with Crippen molar-refractivity contribution in [3.63, 3.8) is 0 Å². The van der Waals surface area contributed by atoms with Crippen LogP contribution in [-0.4, -0.2) is 19.7 Å². The molecule has 0 saturated heterocycles. The number of hydrogen-bond acceptors (Lipinski definition) is 3. The molecule has 0 fully saturated rings. The van der Waals surface area contributed by atoms with Gasteiger partial charge in [0.2, 0.25) is 0 Å². The average Bonchev–Trinajstić information content (AvgIpc) is 3.14. The monoisotopic (exact) mass is 388 g/mol. The van der Waals surface area contributed by atoms with Crippen LogP contribution in [0.4, 0.5) is 0 Å². The molecule has 0 unspecified atom stereocenters. The van der Waals surface area contributed by atoms with E-state index in [2.05, 4.69) is 60.4 Å². The van der Waals surface area contributed by atoms with Gasteiger partial charge < -0.3 is 0 Å². The van der Waals surface area contributed by atoms with Crippen molar-refractivity contribution in [1.82, 2.24) is 19.7 Å². The lowest BCUT2D eigenvalue weighted by atomic mass is 9.83.